The monoisotopic (exact) mass is 369 g/mol. The van der Waals surface area contributed by atoms with Crippen molar-refractivity contribution < 1.29 is 9.59 Å². The van der Waals surface area contributed by atoms with Gasteiger partial charge >= 0.3 is 0 Å². The molecule has 126 valence electrons. The summed E-state index contributed by atoms with van der Waals surface area (Å²) in [4.78, 5) is 30.3. The molecule has 3 aromatic rings. The van der Waals surface area contributed by atoms with E-state index in [0.717, 1.165) is 32.5 Å². The van der Waals surface area contributed by atoms with E-state index < -0.39 is 0 Å². The van der Waals surface area contributed by atoms with Crippen molar-refractivity contribution in [3.63, 3.8) is 0 Å². The Labute approximate surface area is 152 Å². The van der Waals surface area contributed by atoms with Crippen molar-refractivity contribution >= 4 is 45.9 Å². The Balaban J connectivity index is 1.55. The summed E-state index contributed by atoms with van der Waals surface area (Å²) in [5, 5.41) is 8.65. The van der Waals surface area contributed by atoms with E-state index in [0.29, 0.717) is 17.7 Å². The molecule has 0 bridgehead atoms. The maximum Gasteiger partial charge on any atom is 0.267 e. The molecular weight excluding hydrogens is 354 g/mol. The zero-order valence-electron chi connectivity index (χ0n) is 13.5. The molecule has 0 aliphatic carbocycles. The van der Waals surface area contributed by atoms with E-state index in [4.69, 9.17) is 0 Å². The van der Waals surface area contributed by atoms with Crippen molar-refractivity contribution in [2.24, 2.45) is 0 Å². The van der Waals surface area contributed by atoms with Gasteiger partial charge in [0.1, 0.15) is 9.88 Å². The van der Waals surface area contributed by atoms with Crippen molar-refractivity contribution in [2.45, 2.75) is 19.8 Å². The molecule has 5 nitrogen and oxygen atoms in total. The van der Waals surface area contributed by atoms with Crippen LogP contribution in [0.2, 0.25) is 0 Å². The van der Waals surface area contributed by atoms with Crippen LogP contribution in [-0.4, -0.2) is 16.8 Å². The van der Waals surface area contributed by atoms with Crippen molar-refractivity contribution in [1.82, 2.24) is 4.98 Å². The van der Waals surface area contributed by atoms with Crippen molar-refractivity contribution in [1.29, 1.82) is 0 Å². The van der Waals surface area contributed by atoms with Gasteiger partial charge in [-0.2, -0.15) is 0 Å². The summed E-state index contributed by atoms with van der Waals surface area (Å²) in [6.45, 7) is 1.85. The molecule has 2 N–H and O–H groups in total. The third-order valence-electron chi connectivity index (χ3n) is 3.99. The van der Waals surface area contributed by atoms with Crippen LogP contribution in [0, 0.1) is 6.92 Å². The van der Waals surface area contributed by atoms with Crippen LogP contribution in [0.5, 0.6) is 0 Å². The molecule has 7 heteroatoms. The summed E-state index contributed by atoms with van der Waals surface area (Å²) in [7, 11) is 0. The number of hydrogen-bond donors (Lipinski definition) is 2. The molecule has 3 heterocycles. The number of fused-ring (bicyclic) bond motifs is 1. The number of hydrogen-bond acceptors (Lipinski definition) is 5. The molecule has 0 saturated heterocycles. The van der Waals surface area contributed by atoms with E-state index >= 15 is 0 Å². The number of thiophene rings is 1. The Morgan fingerprint density at radius 2 is 2.16 bits per heavy atom. The number of nitrogens with one attached hydrogen (secondary N) is 2. The lowest BCUT2D eigenvalue weighted by Gasteiger charge is -2.17. The smallest absolute Gasteiger partial charge is 0.267 e. The van der Waals surface area contributed by atoms with Crippen molar-refractivity contribution in [3.8, 4) is 9.88 Å². The highest BCUT2D eigenvalue weighted by Gasteiger charge is 2.19. The molecule has 0 unspecified atom stereocenters. The number of aromatic nitrogens is 1. The van der Waals surface area contributed by atoms with Gasteiger partial charge in [-0.05, 0) is 48.6 Å². The van der Waals surface area contributed by atoms with E-state index in [9.17, 15) is 9.59 Å². The highest BCUT2D eigenvalue weighted by atomic mass is 32.1. The summed E-state index contributed by atoms with van der Waals surface area (Å²) < 4.78 is 0. The minimum Gasteiger partial charge on any atom is -0.326 e. The summed E-state index contributed by atoms with van der Waals surface area (Å²) in [6.07, 6.45) is 1.16. The van der Waals surface area contributed by atoms with E-state index in [2.05, 4.69) is 15.6 Å². The first-order valence-corrected chi connectivity index (χ1v) is 9.55. The molecule has 1 aliphatic heterocycles. The predicted octanol–water partition coefficient (Wildman–Crippen LogP) is 4.32. The Morgan fingerprint density at radius 1 is 1.28 bits per heavy atom. The number of carbonyl (C=O) groups is 2. The normalized spacial score (nSPS) is 13.2. The van der Waals surface area contributed by atoms with Crippen molar-refractivity contribution in [3.05, 3.63) is 51.8 Å². The number of amides is 2. The lowest BCUT2D eigenvalue weighted by Crippen LogP contribution is -2.19. The van der Waals surface area contributed by atoms with E-state index in [1.807, 2.05) is 36.6 Å². The Kier molecular flexibility index (Phi) is 4.10. The number of anilines is 2. The van der Waals surface area contributed by atoms with Crippen LogP contribution in [0.3, 0.4) is 0 Å². The van der Waals surface area contributed by atoms with Crippen LogP contribution < -0.4 is 10.6 Å². The van der Waals surface area contributed by atoms with Crippen LogP contribution >= 0.6 is 22.7 Å². The number of carbonyl (C=O) groups excluding carboxylic acids is 2. The van der Waals surface area contributed by atoms with Gasteiger partial charge < -0.3 is 10.6 Å². The molecule has 2 amide bonds. The minimum atomic E-state index is -0.155. The fourth-order valence-electron chi connectivity index (χ4n) is 2.76. The van der Waals surface area contributed by atoms with Gasteiger partial charge in [0.15, 0.2) is 0 Å². The van der Waals surface area contributed by atoms with Crippen LogP contribution in [0.15, 0.2) is 35.7 Å². The molecule has 0 spiro atoms. The quantitative estimate of drug-likeness (QED) is 0.722. The number of benzene rings is 1. The molecule has 2 aromatic heterocycles. The van der Waals surface area contributed by atoms with Crippen molar-refractivity contribution in [2.75, 3.05) is 10.6 Å². The fraction of sp³-hybridized carbons (Fsp3) is 0.167. The SMILES string of the molecule is Cc1nc(-c2cccs2)sc1C(=O)Nc1ccc2c(c1)CCC(=O)N2. The maximum absolute atomic E-state index is 12.6. The molecule has 1 aromatic carbocycles. The zero-order valence-corrected chi connectivity index (χ0v) is 15.1. The van der Waals surface area contributed by atoms with E-state index in [-0.39, 0.29) is 11.8 Å². The number of aryl methyl sites for hydroxylation is 2. The molecule has 0 atom stereocenters. The zero-order chi connectivity index (χ0) is 17.4. The average Bonchev–Trinajstić information content (AvgIpc) is 3.24. The predicted molar refractivity (Wildman–Crippen MR) is 102 cm³/mol. The number of thiazole rings is 1. The van der Waals surface area contributed by atoms with Gasteiger partial charge in [-0.15, -0.1) is 22.7 Å². The molecule has 0 saturated carbocycles. The first-order chi connectivity index (χ1) is 12.1. The summed E-state index contributed by atoms with van der Waals surface area (Å²) in [5.41, 5.74) is 3.32. The highest BCUT2D eigenvalue weighted by Crippen LogP contribution is 2.32. The third kappa shape index (κ3) is 3.20. The lowest BCUT2D eigenvalue weighted by atomic mass is 10.0. The lowest BCUT2D eigenvalue weighted by molar-refractivity contribution is -0.116. The molecule has 25 heavy (non-hydrogen) atoms. The fourth-order valence-corrected chi connectivity index (χ4v) is 4.52. The topological polar surface area (TPSA) is 71.1 Å². The van der Waals surface area contributed by atoms with Gasteiger partial charge in [-0.1, -0.05) is 6.07 Å². The molecule has 4 rings (SSSR count). The first-order valence-electron chi connectivity index (χ1n) is 7.85. The van der Waals surface area contributed by atoms with E-state index in [1.165, 1.54) is 11.3 Å². The second kappa shape index (κ2) is 6.42. The Bertz CT molecular complexity index is 961. The molecule has 0 fully saturated rings. The second-order valence-corrected chi connectivity index (χ2v) is 7.73. The maximum atomic E-state index is 12.6. The average molecular weight is 369 g/mol. The molecular formula is C18H15N3O2S2. The molecule has 1 aliphatic rings. The van der Waals surface area contributed by atoms with Crippen LogP contribution in [0.25, 0.3) is 9.88 Å². The third-order valence-corrected chi connectivity index (χ3v) is 6.19. The summed E-state index contributed by atoms with van der Waals surface area (Å²) in [5.74, 6) is -0.122. The Hall–Kier alpha value is -2.51. The summed E-state index contributed by atoms with van der Waals surface area (Å²) in [6, 6.07) is 9.53. The van der Waals surface area contributed by atoms with Crippen LogP contribution in [0.1, 0.15) is 27.3 Å². The van der Waals surface area contributed by atoms with Gasteiger partial charge in [0.05, 0.1) is 10.6 Å². The number of nitrogens with zero attached hydrogens (tertiary/aromatic N) is 1. The van der Waals surface area contributed by atoms with Gasteiger partial charge in [0, 0.05) is 17.8 Å². The van der Waals surface area contributed by atoms with Crippen LogP contribution in [-0.2, 0) is 11.2 Å². The largest absolute Gasteiger partial charge is 0.326 e. The van der Waals surface area contributed by atoms with Gasteiger partial charge in [-0.3, -0.25) is 9.59 Å². The van der Waals surface area contributed by atoms with Crippen LogP contribution in [0.4, 0.5) is 11.4 Å². The Morgan fingerprint density at radius 3 is 2.96 bits per heavy atom. The van der Waals surface area contributed by atoms with Gasteiger partial charge in [-0.25, -0.2) is 4.98 Å². The second-order valence-electron chi connectivity index (χ2n) is 5.79. The number of rotatable bonds is 3. The summed E-state index contributed by atoms with van der Waals surface area (Å²) >= 11 is 3.02. The standard InChI is InChI=1S/C18H15N3O2S2/c1-10-16(25-18(19-10)14-3-2-8-24-14)17(23)20-12-5-6-13-11(9-12)4-7-15(22)21-13/h2-3,5-6,8-9H,4,7H2,1H3,(H,20,23)(H,21,22). The highest BCUT2D eigenvalue weighted by molar-refractivity contribution is 7.22. The van der Waals surface area contributed by atoms with Gasteiger partial charge in [0.2, 0.25) is 5.91 Å². The molecule has 0 radical (unpaired) electrons. The van der Waals surface area contributed by atoms with Gasteiger partial charge in [0.25, 0.3) is 5.91 Å². The minimum absolute atomic E-state index is 0.0330. The van der Waals surface area contributed by atoms with E-state index in [1.54, 1.807) is 17.4 Å². The first kappa shape index (κ1) is 16.0.